The van der Waals surface area contributed by atoms with Crippen LogP contribution in [0.15, 0.2) is 12.1 Å². The van der Waals surface area contributed by atoms with Gasteiger partial charge < -0.3 is 14.8 Å². The Hall–Kier alpha value is -2.14. The molecule has 0 unspecified atom stereocenters. The van der Waals surface area contributed by atoms with Crippen LogP contribution < -0.4 is 0 Å². The van der Waals surface area contributed by atoms with Crippen LogP contribution in [0.3, 0.4) is 0 Å². The molecule has 0 spiro atoms. The third-order valence-corrected chi connectivity index (χ3v) is 3.79. The van der Waals surface area contributed by atoms with Crippen molar-refractivity contribution in [2.75, 3.05) is 6.61 Å². The second-order valence-electron chi connectivity index (χ2n) is 5.09. The first-order valence-corrected chi connectivity index (χ1v) is 6.93. The summed E-state index contributed by atoms with van der Waals surface area (Å²) in [6, 6.07) is 3.52. The Morgan fingerprint density at radius 2 is 1.95 bits per heavy atom. The molecule has 0 aliphatic rings. The fourth-order valence-corrected chi connectivity index (χ4v) is 2.86. The highest BCUT2D eigenvalue weighted by molar-refractivity contribution is 6.13. The van der Waals surface area contributed by atoms with Crippen LogP contribution in [-0.4, -0.2) is 33.1 Å². The number of nitrogens with zero attached hydrogens (tertiary/aromatic N) is 1. The Kier molecular flexibility index (Phi) is 4.14. The number of carbonyl (C=O) groups is 2. The molecule has 2 N–H and O–H groups in total. The number of carboxylic acids is 1. The summed E-state index contributed by atoms with van der Waals surface area (Å²) in [6.07, 6.45) is 0.692. The number of aliphatic hydroxyl groups excluding tert-OH is 1. The van der Waals surface area contributed by atoms with Gasteiger partial charge in [0, 0.05) is 23.2 Å². The SMILES string of the molecule is CCc1cc(C(=O)O)c2c(c1)c(C(C)=O)c(C)n2CCO. The number of carboxylic acid groups (broad SMARTS) is 1. The number of aromatic nitrogens is 1. The molecule has 5 nitrogen and oxygen atoms in total. The molecule has 5 heteroatoms. The molecule has 2 rings (SSSR count). The number of ketones is 1. The highest BCUT2D eigenvalue weighted by Gasteiger charge is 2.22. The molecule has 0 saturated heterocycles. The van der Waals surface area contributed by atoms with Crippen molar-refractivity contribution < 1.29 is 19.8 Å². The lowest BCUT2D eigenvalue weighted by Gasteiger charge is -2.09. The summed E-state index contributed by atoms with van der Waals surface area (Å²) in [4.78, 5) is 23.5. The van der Waals surface area contributed by atoms with E-state index >= 15 is 0 Å². The van der Waals surface area contributed by atoms with Gasteiger partial charge in [0.05, 0.1) is 17.7 Å². The van der Waals surface area contributed by atoms with Crippen LogP contribution in [0.25, 0.3) is 10.9 Å². The van der Waals surface area contributed by atoms with Gasteiger partial charge in [0.2, 0.25) is 0 Å². The zero-order valence-electron chi connectivity index (χ0n) is 12.4. The van der Waals surface area contributed by atoms with E-state index < -0.39 is 5.97 Å². The molecule has 0 aliphatic carbocycles. The van der Waals surface area contributed by atoms with E-state index in [1.807, 2.05) is 13.0 Å². The molecule has 0 radical (unpaired) electrons. The molecule has 1 heterocycles. The topological polar surface area (TPSA) is 79.5 Å². The summed E-state index contributed by atoms with van der Waals surface area (Å²) in [5, 5.41) is 19.4. The minimum atomic E-state index is -1.03. The molecule has 1 aromatic carbocycles. The highest BCUT2D eigenvalue weighted by atomic mass is 16.4. The van der Waals surface area contributed by atoms with Crippen LogP contribution in [0.2, 0.25) is 0 Å². The van der Waals surface area contributed by atoms with Crippen LogP contribution >= 0.6 is 0 Å². The Morgan fingerprint density at radius 1 is 1.29 bits per heavy atom. The van der Waals surface area contributed by atoms with Crippen LogP contribution in [-0.2, 0) is 13.0 Å². The maximum atomic E-state index is 12.0. The van der Waals surface area contributed by atoms with Gasteiger partial charge in [-0.3, -0.25) is 4.79 Å². The zero-order chi connectivity index (χ0) is 15.7. The number of rotatable bonds is 5. The molecule has 0 fully saturated rings. The van der Waals surface area contributed by atoms with Gasteiger partial charge in [-0.05, 0) is 38.0 Å². The Morgan fingerprint density at radius 3 is 2.43 bits per heavy atom. The van der Waals surface area contributed by atoms with Gasteiger partial charge in [0.1, 0.15) is 0 Å². The van der Waals surface area contributed by atoms with Crippen molar-refractivity contribution in [1.82, 2.24) is 4.57 Å². The number of aryl methyl sites for hydroxylation is 1. The minimum Gasteiger partial charge on any atom is -0.478 e. The lowest BCUT2D eigenvalue weighted by Crippen LogP contribution is -2.08. The number of Topliss-reactive ketones (excluding diaryl/α,β-unsaturated/α-hetero) is 1. The van der Waals surface area contributed by atoms with Gasteiger partial charge in [0.15, 0.2) is 5.78 Å². The van der Waals surface area contributed by atoms with Crippen molar-refractivity contribution in [2.24, 2.45) is 0 Å². The van der Waals surface area contributed by atoms with Crippen molar-refractivity contribution in [3.63, 3.8) is 0 Å². The van der Waals surface area contributed by atoms with E-state index in [2.05, 4.69) is 0 Å². The van der Waals surface area contributed by atoms with Gasteiger partial charge in [-0.1, -0.05) is 6.92 Å². The quantitative estimate of drug-likeness (QED) is 0.828. The highest BCUT2D eigenvalue weighted by Crippen LogP contribution is 2.30. The van der Waals surface area contributed by atoms with Crippen molar-refractivity contribution in [3.05, 3.63) is 34.5 Å². The second kappa shape index (κ2) is 5.69. The standard InChI is InChI=1S/C16H19NO4/c1-4-11-7-12-14(10(3)19)9(2)17(5-6-18)15(12)13(8-11)16(20)21/h7-8,18H,4-6H2,1-3H3,(H,20,21). The number of fused-ring (bicyclic) bond motifs is 1. The van der Waals surface area contributed by atoms with Gasteiger partial charge in [-0.25, -0.2) is 4.79 Å². The van der Waals surface area contributed by atoms with Crippen molar-refractivity contribution >= 4 is 22.7 Å². The van der Waals surface area contributed by atoms with E-state index in [9.17, 15) is 19.8 Å². The number of carbonyl (C=O) groups excluding carboxylic acids is 1. The molecule has 1 aromatic heterocycles. The van der Waals surface area contributed by atoms with Gasteiger partial charge in [-0.2, -0.15) is 0 Å². The Labute approximate surface area is 122 Å². The van der Waals surface area contributed by atoms with Crippen molar-refractivity contribution in [3.8, 4) is 0 Å². The molecule has 0 saturated carbocycles. The number of hydrogen-bond donors (Lipinski definition) is 2. The lowest BCUT2D eigenvalue weighted by molar-refractivity contribution is 0.0698. The number of benzene rings is 1. The van der Waals surface area contributed by atoms with E-state index in [1.165, 1.54) is 6.92 Å². The van der Waals surface area contributed by atoms with Crippen molar-refractivity contribution in [1.29, 1.82) is 0 Å². The molecule has 112 valence electrons. The predicted octanol–water partition coefficient (Wildman–Crippen LogP) is 2.41. The normalized spacial score (nSPS) is 11.0. The number of aliphatic hydroxyl groups is 1. The average molecular weight is 289 g/mol. The monoisotopic (exact) mass is 289 g/mol. The third kappa shape index (κ3) is 2.45. The summed E-state index contributed by atoms with van der Waals surface area (Å²) in [6.45, 7) is 5.35. The molecule has 21 heavy (non-hydrogen) atoms. The summed E-state index contributed by atoms with van der Waals surface area (Å²) in [5.41, 5.74) is 2.80. The molecular weight excluding hydrogens is 270 g/mol. The van der Waals surface area contributed by atoms with E-state index in [-0.39, 0.29) is 24.5 Å². The summed E-state index contributed by atoms with van der Waals surface area (Å²) < 4.78 is 1.72. The Balaban J connectivity index is 2.98. The first kappa shape index (κ1) is 15.3. The van der Waals surface area contributed by atoms with Crippen LogP contribution in [0.1, 0.15) is 45.8 Å². The van der Waals surface area contributed by atoms with Gasteiger partial charge >= 0.3 is 5.97 Å². The largest absolute Gasteiger partial charge is 0.478 e. The second-order valence-corrected chi connectivity index (χ2v) is 5.09. The van der Waals surface area contributed by atoms with Crippen LogP contribution in [0.5, 0.6) is 0 Å². The predicted molar refractivity (Wildman–Crippen MR) is 80.1 cm³/mol. The molecule has 0 bridgehead atoms. The average Bonchev–Trinajstić information content (AvgIpc) is 2.70. The fraction of sp³-hybridized carbons (Fsp3) is 0.375. The first-order chi connectivity index (χ1) is 9.92. The zero-order valence-corrected chi connectivity index (χ0v) is 12.4. The van der Waals surface area contributed by atoms with E-state index in [1.54, 1.807) is 17.6 Å². The van der Waals surface area contributed by atoms with Crippen LogP contribution in [0, 0.1) is 6.92 Å². The molecule has 0 atom stereocenters. The molecular formula is C16H19NO4. The third-order valence-electron chi connectivity index (χ3n) is 3.79. The molecule has 0 aliphatic heterocycles. The maximum absolute atomic E-state index is 12.0. The molecule has 2 aromatic rings. The maximum Gasteiger partial charge on any atom is 0.337 e. The summed E-state index contributed by atoms with van der Waals surface area (Å²) in [7, 11) is 0. The van der Waals surface area contributed by atoms with E-state index in [0.29, 0.717) is 28.6 Å². The van der Waals surface area contributed by atoms with Crippen molar-refractivity contribution in [2.45, 2.75) is 33.7 Å². The van der Waals surface area contributed by atoms with E-state index in [0.717, 1.165) is 5.56 Å². The van der Waals surface area contributed by atoms with Gasteiger partial charge in [0.25, 0.3) is 0 Å². The smallest absolute Gasteiger partial charge is 0.337 e. The lowest BCUT2D eigenvalue weighted by atomic mass is 10.0. The number of hydrogen-bond acceptors (Lipinski definition) is 3. The first-order valence-electron chi connectivity index (χ1n) is 6.93. The van der Waals surface area contributed by atoms with Gasteiger partial charge in [-0.15, -0.1) is 0 Å². The fourth-order valence-electron chi connectivity index (χ4n) is 2.86. The minimum absolute atomic E-state index is 0.0984. The van der Waals surface area contributed by atoms with E-state index in [4.69, 9.17) is 0 Å². The van der Waals surface area contributed by atoms with Crippen LogP contribution in [0.4, 0.5) is 0 Å². The Bertz CT molecular complexity index is 728. The summed E-state index contributed by atoms with van der Waals surface area (Å²) in [5.74, 6) is -1.12. The summed E-state index contributed by atoms with van der Waals surface area (Å²) >= 11 is 0. The number of aromatic carboxylic acids is 1. The molecule has 0 amide bonds.